The van der Waals surface area contributed by atoms with E-state index in [0.29, 0.717) is 37.4 Å². The predicted octanol–water partition coefficient (Wildman–Crippen LogP) is -0.00198. The lowest BCUT2D eigenvalue weighted by molar-refractivity contribution is 0.0699. The average molecular weight is 312 g/mol. The van der Waals surface area contributed by atoms with Crippen molar-refractivity contribution in [2.45, 2.75) is 6.92 Å². The van der Waals surface area contributed by atoms with E-state index >= 15 is 0 Å². The van der Waals surface area contributed by atoms with Crippen LogP contribution < -0.4 is 11.3 Å². The third-order valence-corrected chi connectivity index (χ3v) is 4.86. The van der Waals surface area contributed by atoms with Crippen LogP contribution in [0.15, 0.2) is 18.2 Å². The van der Waals surface area contributed by atoms with Gasteiger partial charge in [0, 0.05) is 26.2 Å². The first-order valence-electron chi connectivity index (χ1n) is 6.64. The van der Waals surface area contributed by atoms with E-state index < -0.39 is 10.0 Å². The number of carbonyl (C=O) groups is 1. The average Bonchev–Trinajstić information content (AvgIpc) is 2.45. The molecule has 1 aliphatic rings. The van der Waals surface area contributed by atoms with E-state index in [2.05, 4.69) is 5.43 Å². The molecular formula is C13H20N4O3S. The smallest absolute Gasteiger partial charge is 0.256 e. The van der Waals surface area contributed by atoms with Crippen LogP contribution >= 0.6 is 0 Å². The number of rotatable bonds is 3. The second-order valence-electron chi connectivity index (χ2n) is 5.15. The van der Waals surface area contributed by atoms with Crippen molar-refractivity contribution in [1.82, 2.24) is 9.21 Å². The molecule has 0 unspecified atom stereocenters. The molecule has 1 aromatic carbocycles. The van der Waals surface area contributed by atoms with Crippen molar-refractivity contribution < 1.29 is 13.2 Å². The Morgan fingerprint density at radius 2 is 1.86 bits per heavy atom. The highest BCUT2D eigenvalue weighted by Crippen LogP contribution is 2.19. The number of hydrogen-bond donors (Lipinski definition) is 2. The van der Waals surface area contributed by atoms with Crippen LogP contribution in [0.5, 0.6) is 0 Å². The maximum atomic E-state index is 12.6. The number of nitrogen functional groups attached to an aromatic ring is 1. The number of hydrogen-bond acceptors (Lipinski definition) is 5. The highest BCUT2D eigenvalue weighted by Gasteiger charge is 2.27. The molecule has 1 saturated heterocycles. The summed E-state index contributed by atoms with van der Waals surface area (Å²) >= 11 is 0. The molecule has 1 aliphatic heterocycles. The van der Waals surface area contributed by atoms with E-state index in [1.165, 1.54) is 10.6 Å². The molecule has 2 rings (SSSR count). The molecule has 1 fully saturated rings. The van der Waals surface area contributed by atoms with E-state index in [1.807, 2.05) is 13.0 Å². The summed E-state index contributed by atoms with van der Waals surface area (Å²) in [5, 5.41) is 0. The van der Waals surface area contributed by atoms with Crippen LogP contribution in [-0.2, 0) is 10.0 Å². The topological polar surface area (TPSA) is 95.7 Å². The van der Waals surface area contributed by atoms with Crippen LogP contribution in [0.25, 0.3) is 0 Å². The summed E-state index contributed by atoms with van der Waals surface area (Å²) in [5.41, 5.74) is 4.56. The normalized spacial score (nSPS) is 16.8. The summed E-state index contributed by atoms with van der Waals surface area (Å²) < 4.78 is 24.3. The van der Waals surface area contributed by atoms with Gasteiger partial charge in [0.2, 0.25) is 10.0 Å². The zero-order valence-corrected chi connectivity index (χ0v) is 13.0. The maximum Gasteiger partial charge on any atom is 0.256 e. The number of benzene rings is 1. The first-order chi connectivity index (χ1) is 9.82. The van der Waals surface area contributed by atoms with Gasteiger partial charge >= 0.3 is 0 Å². The number of piperazine rings is 1. The molecule has 0 spiro atoms. The first kappa shape index (κ1) is 15.7. The fourth-order valence-corrected chi connectivity index (χ4v) is 3.18. The number of hydrazine groups is 1. The number of anilines is 1. The minimum absolute atomic E-state index is 0.139. The number of carbonyl (C=O) groups excluding carboxylic acids is 1. The second kappa shape index (κ2) is 6.00. The number of nitrogens with one attached hydrogen (secondary N) is 1. The van der Waals surface area contributed by atoms with Crippen molar-refractivity contribution in [3.05, 3.63) is 29.3 Å². The lowest BCUT2D eigenvalue weighted by Crippen LogP contribution is -2.50. The summed E-state index contributed by atoms with van der Waals surface area (Å²) in [7, 11) is -3.20. The van der Waals surface area contributed by atoms with E-state index in [4.69, 9.17) is 5.84 Å². The number of amides is 1. The quantitative estimate of drug-likeness (QED) is 0.605. The summed E-state index contributed by atoms with van der Waals surface area (Å²) in [6.45, 7) is 3.30. The molecule has 0 saturated carbocycles. The lowest BCUT2D eigenvalue weighted by Gasteiger charge is -2.33. The van der Waals surface area contributed by atoms with Gasteiger partial charge in [0.25, 0.3) is 5.91 Å². The van der Waals surface area contributed by atoms with Gasteiger partial charge in [0.05, 0.1) is 17.5 Å². The Morgan fingerprint density at radius 1 is 1.24 bits per heavy atom. The monoisotopic (exact) mass is 312 g/mol. The minimum atomic E-state index is -3.20. The highest BCUT2D eigenvalue weighted by molar-refractivity contribution is 7.88. The third kappa shape index (κ3) is 3.52. The fourth-order valence-electron chi connectivity index (χ4n) is 2.35. The first-order valence-corrected chi connectivity index (χ1v) is 8.49. The Balaban J connectivity index is 2.14. The second-order valence-corrected chi connectivity index (χ2v) is 7.13. The number of nitrogens with two attached hydrogens (primary N) is 1. The Hall–Kier alpha value is -1.64. The van der Waals surface area contributed by atoms with Crippen molar-refractivity contribution in [1.29, 1.82) is 0 Å². The zero-order chi connectivity index (χ0) is 15.6. The standard InChI is InChI=1S/C13H20N4O3S/c1-10-3-4-12(15-14)11(9-10)13(18)16-5-7-17(8-6-16)21(2,19)20/h3-4,9,15H,5-8,14H2,1-2H3. The molecule has 0 bridgehead atoms. The lowest BCUT2D eigenvalue weighted by atomic mass is 10.1. The fraction of sp³-hybridized carbons (Fsp3) is 0.462. The van der Waals surface area contributed by atoms with Crippen LogP contribution in [-0.4, -0.2) is 56.0 Å². The van der Waals surface area contributed by atoms with Crippen LogP contribution in [0.4, 0.5) is 5.69 Å². The van der Waals surface area contributed by atoms with Crippen LogP contribution in [0.1, 0.15) is 15.9 Å². The van der Waals surface area contributed by atoms with Crippen molar-refractivity contribution in [2.24, 2.45) is 5.84 Å². The maximum absolute atomic E-state index is 12.6. The van der Waals surface area contributed by atoms with Gasteiger partial charge in [-0.2, -0.15) is 4.31 Å². The van der Waals surface area contributed by atoms with E-state index in [0.717, 1.165) is 5.56 Å². The van der Waals surface area contributed by atoms with Gasteiger partial charge < -0.3 is 10.3 Å². The Labute approximate surface area is 124 Å². The number of sulfonamides is 1. The number of nitrogens with zero attached hydrogens (tertiary/aromatic N) is 2. The van der Waals surface area contributed by atoms with Crippen LogP contribution in [0.3, 0.4) is 0 Å². The molecule has 21 heavy (non-hydrogen) atoms. The van der Waals surface area contributed by atoms with Gasteiger partial charge in [-0.05, 0) is 19.1 Å². The van der Waals surface area contributed by atoms with Gasteiger partial charge in [-0.25, -0.2) is 8.42 Å². The molecule has 116 valence electrons. The van der Waals surface area contributed by atoms with E-state index in [-0.39, 0.29) is 5.91 Å². The molecule has 0 atom stereocenters. The third-order valence-electron chi connectivity index (χ3n) is 3.56. The SMILES string of the molecule is Cc1ccc(NN)c(C(=O)N2CCN(S(C)(=O)=O)CC2)c1. The largest absolute Gasteiger partial charge is 0.336 e. The molecule has 1 heterocycles. The molecule has 1 aromatic rings. The molecule has 0 aromatic heterocycles. The van der Waals surface area contributed by atoms with E-state index in [9.17, 15) is 13.2 Å². The summed E-state index contributed by atoms with van der Waals surface area (Å²) in [4.78, 5) is 14.2. The molecule has 7 nitrogen and oxygen atoms in total. The van der Waals surface area contributed by atoms with Gasteiger partial charge in [-0.1, -0.05) is 11.6 Å². The molecule has 0 radical (unpaired) electrons. The highest BCUT2D eigenvalue weighted by atomic mass is 32.2. The van der Waals surface area contributed by atoms with Crippen molar-refractivity contribution in [2.75, 3.05) is 37.9 Å². The summed E-state index contributed by atoms with van der Waals surface area (Å²) in [6, 6.07) is 5.41. The summed E-state index contributed by atoms with van der Waals surface area (Å²) in [5.74, 6) is 5.30. The van der Waals surface area contributed by atoms with Gasteiger partial charge in [-0.3, -0.25) is 10.6 Å². The number of aryl methyl sites for hydroxylation is 1. The van der Waals surface area contributed by atoms with Gasteiger partial charge in [0.1, 0.15) is 0 Å². The van der Waals surface area contributed by atoms with Gasteiger partial charge in [-0.15, -0.1) is 0 Å². The predicted molar refractivity (Wildman–Crippen MR) is 81.3 cm³/mol. The Morgan fingerprint density at radius 3 is 2.38 bits per heavy atom. The molecule has 1 amide bonds. The Kier molecular flexibility index (Phi) is 4.50. The van der Waals surface area contributed by atoms with Gasteiger partial charge in [0.15, 0.2) is 0 Å². The van der Waals surface area contributed by atoms with Crippen molar-refractivity contribution in [3.8, 4) is 0 Å². The Bertz CT molecular complexity index is 637. The minimum Gasteiger partial charge on any atom is -0.336 e. The molecule has 8 heteroatoms. The molecule has 3 N–H and O–H groups in total. The zero-order valence-electron chi connectivity index (χ0n) is 12.2. The molecule has 0 aliphatic carbocycles. The molecular weight excluding hydrogens is 292 g/mol. The van der Waals surface area contributed by atoms with Crippen LogP contribution in [0.2, 0.25) is 0 Å². The van der Waals surface area contributed by atoms with Crippen molar-refractivity contribution in [3.63, 3.8) is 0 Å². The summed E-state index contributed by atoms with van der Waals surface area (Å²) in [6.07, 6.45) is 1.18. The van der Waals surface area contributed by atoms with E-state index in [1.54, 1.807) is 17.0 Å². The van der Waals surface area contributed by atoms with Crippen molar-refractivity contribution >= 4 is 21.6 Å². The van der Waals surface area contributed by atoms with Crippen LogP contribution in [0, 0.1) is 6.92 Å².